The second-order valence-electron chi connectivity index (χ2n) is 6.83. The molecule has 0 spiro atoms. The van der Waals surface area contributed by atoms with Crippen LogP contribution >= 0.6 is 0 Å². The third kappa shape index (κ3) is 2.35. The lowest BCUT2D eigenvalue weighted by Crippen LogP contribution is -2.44. The van der Waals surface area contributed by atoms with E-state index >= 15 is 0 Å². The number of hydrogen-bond donors (Lipinski definition) is 4. The summed E-state index contributed by atoms with van der Waals surface area (Å²) in [6, 6.07) is 0. The summed E-state index contributed by atoms with van der Waals surface area (Å²) in [5.74, 6) is -0.597. The van der Waals surface area contributed by atoms with Gasteiger partial charge in [0.1, 0.15) is 17.8 Å². The number of fused-ring (bicyclic) bond motifs is 3. The summed E-state index contributed by atoms with van der Waals surface area (Å²) in [5, 5.41) is 22.4. The number of nitrogens with one attached hydrogen (secondary N) is 2. The van der Waals surface area contributed by atoms with Crippen molar-refractivity contribution in [2.24, 2.45) is 5.92 Å². The molecular formula is C15H19N5O6. The fourth-order valence-corrected chi connectivity index (χ4v) is 3.19. The van der Waals surface area contributed by atoms with Crippen LogP contribution in [-0.2, 0) is 14.3 Å². The number of H-pyrrole nitrogens is 1. The first-order valence-corrected chi connectivity index (χ1v) is 8.22. The second-order valence-corrected chi connectivity index (χ2v) is 6.83. The van der Waals surface area contributed by atoms with Crippen LogP contribution in [-0.4, -0.2) is 66.7 Å². The van der Waals surface area contributed by atoms with E-state index in [4.69, 9.17) is 9.47 Å². The summed E-state index contributed by atoms with van der Waals surface area (Å²) in [6.07, 6.45) is -1.20. The molecule has 2 bridgehead atoms. The maximum Gasteiger partial charge on any atom is 0.280 e. The third-order valence-corrected chi connectivity index (χ3v) is 4.75. The Bertz CT molecular complexity index is 923. The van der Waals surface area contributed by atoms with Crippen LogP contribution in [0.1, 0.15) is 20.1 Å². The predicted octanol–water partition coefficient (Wildman–Crippen LogP) is -1.27. The van der Waals surface area contributed by atoms with Gasteiger partial charge in [-0.2, -0.15) is 4.98 Å². The van der Waals surface area contributed by atoms with Gasteiger partial charge in [-0.3, -0.25) is 24.5 Å². The summed E-state index contributed by atoms with van der Waals surface area (Å²) in [4.78, 5) is 34.9. The molecule has 1 amide bonds. The maximum atomic E-state index is 12.2. The van der Waals surface area contributed by atoms with Gasteiger partial charge in [0.15, 0.2) is 17.4 Å². The van der Waals surface area contributed by atoms with Gasteiger partial charge in [0.2, 0.25) is 11.9 Å². The van der Waals surface area contributed by atoms with Gasteiger partial charge in [-0.05, 0) is 0 Å². The van der Waals surface area contributed by atoms with Gasteiger partial charge in [-0.1, -0.05) is 13.8 Å². The van der Waals surface area contributed by atoms with E-state index in [0.717, 1.165) is 0 Å². The zero-order valence-corrected chi connectivity index (χ0v) is 14.2. The van der Waals surface area contributed by atoms with E-state index in [0.29, 0.717) is 0 Å². The minimum absolute atomic E-state index is 0.00977. The first-order valence-electron chi connectivity index (χ1n) is 8.22. The molecule has 2 fully saturated rings. The number of aliphatic hydroxyl groups excluding tert-OH is 2. The van der Waals surface area contributed by atoms with Gasteiger partial charge >= 0.3 is 0 Å². The number of aliphatic hydroxyl groups is 2. The van der Waals surface area contributed by atoms with Crippen LogP contribution in [0.15, 0.2) is 11.1 Å². The molecule has 4 rings (SSSR count). The summed E-state index contributed by atoms with van der Waals surface area (Å²) >= 11 is 0. The molecule has 0 saturated carbocycles. The molecule has 0 radical (unpaired) electrons. The van der Waals surface area contributed by atoms with Crippen molar-refractivity contribution in [2.75, 3.05) is 18.5 Å². The van der Waals surface area contributed by atoms with E-state index in [-0.39, 0.29) is 35.5 Å². The zero-order valence-electron chi connectivity index (χ0n) is 14.2. The average molecular weight is 365 g/mol. The molecule has 11 heteroatoms. The molecule has 11 nitrogen and oxygen atoms in total. The fourth-order valence-electron chi connectivity index (χ4n) is 3.19. The monoisotopic (exact) mass is 365 g/mol. The number of hydrogen-bond acceptors (Lipinski definition) is 8. The summed E-state index contributed by atoms with van der Waals surface area (Å²) in [5.41, 5.74) is -1.49. The number of carbonyl (C=O) groups excluding carboxylic acids is 1. The van der Waals surface area contributed by atoms with Gasteiger partial charge in [0, 0.05) is 5.92 Å². The number of amides is 1. The van der Waals surface area contributed by atoms with Crippen LogP contribution in [0.5, 0.6) is 0 Å². The number of aromatic amines is 1. The molecular weight excluding hydrogens is 346 g/mol. The molecule has 0 aromatic carbocycles. The average Bonchev–Trinajstić information content (AvgIpc) is 3.25. The SMILES string of the molecule is CC(C)C(=O)Nc1nc2c(ncn2[C@@H]2O[C@@]3(CO)CO[C@@H]2[C@@H]3O)c(=O)[nH]1. The quantitative estimate of drug-likeness (QED) is 0.524. The Morgan fingerprint density at radius 2 is 2.35 bits per heavy atom. The van der Waals surface area contributed by atoms with Crippen LogP contribution in [0.25, 0.3) is 11.2 Å². The minimum Gasteiger partial charge on any atom is -0.393 e. The molecule has 4 N–H and O–H groups in total. The highest BCUT2D eigenvalue weighted by molar-refractivity contribution is 5.91. The van der Waals surface area contributed by atoms with Gasteiger partial charge in [-0.25, -0.2) is 4.98 Å². The van der Waals surface area contributed by atoms with Crippen LogP contribution < -0.4 is 10.9 Å². The van der Waals surface area contributed by atoms with Crippen molar-refractivity contribution in [1.82, 2.24) is 19.5 Å². The summed E-state index contributed by atoms with van der Waals surface area (Å²) < 4.78 is 12.8. The van der Waals surface area contributed by atoms with E-state index in [1.807, 2.05) is 0 Å². The summed E-state index contributed by atoms with van der Waals surface area (Å²) in [7, 11) is 0. The summed E-state index contributed by atoms with van der Waals surface area (Å²) in [6.45, 7) is 3.10. The number of nitrogens with zero attached hydrogens (tertiary/aromatic N) is 3. The molecule has 2 aliphatic heterocycles. The molecule has 2 aromatic rings. The van der Waals surface area contributed by atoms with Crippen molar-refractivity contribution in [3.8, 4) is 0 Å². The van der Waals surface area contributed by atoms with Crippen LogP contribution in [0, 0.1) is 5.92 Å². The first-order chi connectivity index (χ1) is 12.4. The fraction of sp³-hybridized carbons (Fsp3) is 0.600. The lowest BCUT2D eigenvalue weighted by atomic mass is 10.0. The van der Waals surface area contributed by atoms with Gasteiger partial charge in [-0.15, -0.1) is 0 Å². The maximum absolute atomic E-state index is 12.2. The minimum atomic E-state index is -1.21. The zero-order chi connectivity index (χ0) is 18.6. The molecule has 0 aliphatic carbocycles. The van der Waals surface area contributed by atoms with Crippen molar-refractivity contribution in [3.63, 3.8) is 0 Å². The molecule has 4 atom stereocenters. The second kappa shape index (κ2) is 5.84. The number of imidazole rings is 1. The van der Waals surface area contributed by atoms with Gasteiger partial charge in [0.05, 0.1) is 19.5 Å². The van der Waals surface area contributed by atoms with Gasteiger partial charge < -0.3 is 19.7 Å². The standard InChI is InChI=1S/C15H19N5O6/c1-6(2)11(23)18-14-17-10-7(12(24)19-14)16-5-20(10)13-8-9(22)15(3-21,26-13)4-25-8/h5-6,8-9,13,21-22H,3-4H2,1-2H3,(H2,17,18,19,23,24)/t8-,9+,13-,15+/m1/s1. The highest BCUT2D eigenvalue weighted by Crippen LogP contribution is 2.45. The molecule has 2 aromatic heterocycles. The number of ether oxygens (including phenoxy) is 2. The Morgan fingerprint density at radius 3 is 3.00 bits per heavy atom. The Balaban J connectivity index is 1.74. The third-order valence-electron chi connectivity index (χ3n) is 4.75. The topological polar surface area (TPSA) is 152 Å². The van der Waals surface area contributed by atoms with Crippen molar-refractivity contribution in [1.29, 1.82) is 0 Å². The lowest BCUT2D eigenvalue weighted by molar-refractivity contribution is -0.185. The van der Waals surface area contributed by atoms with Crippen molar-refractivity contribution in [3.05, 3.63) is 16.7 Å². The Kier molecular flexibility index (Phi) is 3.84. The highest BCUT2D eigenvalue weighted by Gasteiger charge is 2.61. The lowest BCUT2D eigenvalue weighted by Gasteiger charge is -2.29. The van der Waals surface area contributed by atoms with Crippen molar-refractivity contribution in [2.45, 2.75) is 37.9 Å². The van der Waals surface area contributed by atoms with E-state index in [2.05, 4.69) is 20.3 Å². The van der Waals surface area contributed by atoms with E-state index in [1.165, 1.54) is 10.9 Å². The smallest absolute Gasteiger partial charge is 0.280 e. The normalized spacial score (nSPS) is 30.4. The molecule has 2 aliphatic rings. The molecule has 140 valence electrons. The van der Waals surface area contributed by atoms with Crippen molar-refractivity contribution >= 4 is 23.0 Å². The van der Waals surface area contributed by atoms with Crippen molar-refractivity contribution < 1.29 is 24.5 Å². The van der Waals surface area contributed by atoms with E-state index < -0.39 is 36.2 Å². The molecule has 2 saturated heterocycles. The number of anilines is 1. The van der Waals surface area contributed by atoms with Crippen LogP contribution in [0.2, 0.25) is 0 Å². The van der Waals surface area contributed by atoms with E-state index in [1.54, 1.807) is 13.8 Å². The van der Waals surface area contributed by atoms with Crippen LogP contribution in [0.4, 0.5) is 5.95 Å². The first kappa shape index (κ1) is 17.1. The Morgan fingerprint density at radius 1 is 1.58 bits per heavy atom. The van der Waals surface area contributed by atoms with Gasteiger partial charge in [0.25, 0.3) is 5.56 Å². The number of aromatic nitrogens is 4. The predicted molar refractivity (Wildman–Crippen MR) is 87.3 cm³/mol. The Labute approximate surface area is 147 Å². The van der Waals surface area contributed by atoms with Crippen LogP contribution in [0.3, 0.4) is 0 Å². The van der Waals surface area contributed by atoms with E-state index in [9.17, 15) is 19.8 Å². The largest absolute Gasteiger partial charge is 0.393 e. The Hall–Kier alpha value is -2.34. The molecule has 4 heterocycles. The highest BCUT2D eigenvalue weighted by atomic mass is 16.7. The molecule has 26 heavy (non-hydrogen) atoms. The number of carbonyl (C=O) groups is 1. The number of rotatable bonds is 4. The molecule has 0 unspecified atom stereocenters.